The van der Waals surface area contributed by atoms with Gasteiger partial charge in [0.2, 0.25) is 5.91 Å². The molecule has 0 saturated carbocycles. The summed E-state index contributed by atoms with van der Waals surface area (Å²) in [5, 5.41) is 4.22. The third-order valence-electron chi connectivity index (χ3n) is 5.17. The van der Waals surface area contributed by atoms with Gasteiger partial charge in [-0.2, -0.15) is 0 Å². The number of hydrogen-bond donors (Lipinski definition) is 1. The van der Waals surface area contributed by atoms with E-state index in [1.165, 1.54) is 25.4 Å². The van der Waals surface area contributed by atoms with Gasteiger partial charge in [-0.1, -0.05) is 18.2 Å². The van der Waals surface area contributed by atoms with Gasteiger partial charge in [-0.05, 0) is 12.5 Å². The molecule has 0 bridgehead atoms. The Morgan fingerprint density at radius 1 is 1.29 bits per heavy atom. The molecule has 2 amide bonds. The Hall–Kier alpha value is -2.87. The second kappa shape index (κ2) is 6.94. The van der Waals surface area contributed by atoms with Gasteiger partial charge >= 0.3 is 0 Å². The van der Waals surface area contributed by atoms with Crippen LogP contribution in [0.2, 0.25) is 0 Å². The summed E-state index contributed by atoms with van der Waals surface area (Å²) in [5.74, 6) is 0.0603. The summed E-state index contributed by atoms with van der Waals surface area (Å²) in [4.78, 5) is 39.6. The monoisotopic (exact) mass is 399 g/mol. The fourth-order valence-electron chi connectivity index (χ4n) is 3.86. The molecule has 1 saturated heterocycles. The molecule has 1 N–H and O–H groups in total. The normalized spacial score (nSPS) is 16.7. The first-order valence-corrected chi connectivity index (χ1v) is 9.88. The number of benzene rings is 1. The fraction of sp³-hybridized carbons (Fsp3) is 0.350. The van der Waals surface area contributed by atoms with Crippen molar-refractivity contribution in [3.05, 3.63) is 39.5 Å². The van der Waals surface area contributed by atoms with Crippen molar-refractivity contribution in [2.75, 3.05) is 20.2 Å². The van der Waals surface area contributed by atoms with Crippen molar-refractivity contribution in [1.29, 1.82) is 0 Å². The molecule has 0 spiro atoms. The van der Waals surface area contributed by atoms with E-state index in [4.69, 9.17) is 4.74 Å². The van der Waals surface area contributed by atoms with Crippen LogP contribution < -0.4 is 15.6 Å². The lowest BCUT2D eigenvalue weighted by molar-refractivity contribution is -0.119. The van der Waals surface area contributed by atoms with Crippen LogP contribution in [0.25, 0.3) is 21.0 Å². The molecule has 1 fully saturated rings. The average molecular weight is 399 g/mol. The van der Waals surface area contributed by atoms with E-state index in [1.807, 2.05) is 24.3 Å². The number of amides is 2. The van der Waals surface area contributed by atoms with Crippen LogP contribution in [-0.2, 0) is 11.8 Å². The molecule has 1 aliphatic rings. The molecular formula is C20H21N3O4S. The number of rotatable bonds is 3. The number of methoxy groups -OCH3 is 1. The van der Waals surface area contributed by atoms with Crippen LogP contribution in [0.3, 0.4) is 0 Å². The van der Waals surface area contributed by atoms with Crippen LogP contribution in [0.5, 0.6) is 5.75 Å². The van der Waals surface area contributed by atoms with E-state index in [9.17, 15) is 14.4 Å². The van der Waals surface area contributed by atoms with E-state index >= 15 is 0 Å². The van der Waals surface area contributed by atoms with Crippen molar-refractivity contribution >= 4 is 44.1 Å². The Kier molecular flexibility index (Phi) is 4.58. The zero-order valence-electron chi connectivity index (χ0n) is 15.9. The molecule has 8 heteroatoms. The maximum atomic E-state index is 13.2. The van der Waals surface area contributed by atoms with Crippen LogP contribution >= 0.6 is 11.3 Å². The van der Waals surface area contributed by atoms with Gasteiger partial charge in [0.05, 0.1) is 17.3 Å². The average Bonchev–Trinajstić information content (AvgIpc) is 3.29. The molecule has 3 heterocycles. The highest BCUT2D eigenvalue weighted by Crippen LogP contribution is 2.40. The summed E-state index contributed by atoms with van der Waals surface area (Å²) in [7, 11) is 3.21. The molecule has 0 radical (unpaired) electrons. The van der Waals surface area contributed by atoms with Crippen LogP contribution in [0.4, 0.5) is 0 Å². The fourth-order valence-corrected chi connectivity index (χ4v) is 5.13. The second-order valence-electron chi connectivity index (χ2n) is 6.99. The highest BCUT2D eigenvalue weighted by molar-refractivity contribution is 7.22. The van der Waals surface area contributed by atoms with Gasteiger partial charge in [0.15, 0.2) is 5.75 Å². The minimum absolute atomic E-state index is 0.0458. The van der Waals surface area contributed by atoms with E-state index < -0.39 is 0 Å². The van der Waals surface area contributed by atoms with Crippen molar-refractivity contribution < 1.29 is 14.3 Å². The number of hydrogen-bond acceptors (Lipinski definition) is 5. The molecule has 4 rings (SSSR count). The molecule has 1 atom stereocenters. The molecule has 1 aromatic carbocycles. The second-order valence-corrected chi connectivity index (χ2v) is 8.01. The van der Waals surface area contributed by atoms with Gasteiger partial charge in [-0.25, -0.2) is 0 Å². The lowest BCUT2D eigenvalue weighted by Crippen LogP contribution is -2.37. The lowest BCUT2D eigenvalue weighted by atomic mass is 10.1. The zero-order valence-corrected chi connectivity index (χ0v) is 16.8. The van der Waals surface area contributed by atoms with E-state index in [0.29, 0.717) is 35.5 Å². The van der Waals surface area contributed by atoms with Gasteiger partial charge in [-0.15, -0.1) is 11.3 Å². The maximum absolute atomic E-state index is 13.2. The third kappa shape index (κ3) is 2.84. The summed E-state index contributed by atoms with van der Waals surface area (Å²) < 4.78 is 7.88. The first-order chi connectivity index (χ1) is 13.4. The van der Waals surface area contributed by atoms with Crippen LogP contribution in [0, 0.1) is 0 Å². The van der Waals surface area contributed by atoms with Gasteiger partial charge in [0, 0.05) is 38.5 Å². The highest BCUT2D eigenvalue weighted by atomic mass is 32.1. The summed E-state index contributed by atoms with van der Waals surface area (Å²) >= 11 is 1.29. The smallest absolute Gasteiger partial charge is 0.267 e. The van der Waals surface area contributed by atoms with Crippen LogP contribution in [0.15, 0.2) is 29.1 Å². The van der Waals surface area contributed by atoms with Crippen LogP contribution in [-0.4, -0.2) is 47.5 Å². The summed E-state index contributed by atoms with van der Waals surface area (Å²) in [5.41, 5.74) is 0.633. The van der Waals surface area contributed by atoms with Crippen molar-refractivity contribution in [3.63, 3.8) is 0 Å². The van der Waals surface area contributed by atoms with E-state index in [-0.39, 0.29) is 23.4 Å². The number of thiophene rings is 1. The standard InChI is InChI=1S/C20H21N3O4S/c1-11(24)21-12-8-9-23(10-12)20(26)18-16(27-3)15-17(28-18)13-6-4-5-7-14(13)22(2)19(15)25/h4-7,12H,8-10H2,1-3H3,(H,21,24). The van der Waals surface area contributed by atoms with Gasteiger partial charge < -0.3 is 19.5 Å². The summed E-state index contributed by atoms with van der Waals surface area (Å²) in [6, 6.07) is 7.59. The highest BCUT2D eigenvalue weighted by Gasteiger charge is 2.32. The summed E-state index contributed by atoms with van der Waals surface area (Å²) in [6.45, 7) is 2.48. The number of aryl methyl sites for hydroxylation is 1. The van der Waals surface area contributed by atoms with E-state index in [2.05, 4.69) is 5.32 Å². The van der Waals surface area contributed by atoms with Crippen molar-refractivity contribution in [2.24, 2.45) is 7.05 Å². The minimum Gasteiger partial charge on any atom is -0.494 e. The Bertz CT molecular complexity index is 1160. The van der Waals surface area contributed by atoms with Gasteiger partial charge in [-0.3, -0.25) is 14.4 Å². The quantitative estimate of drug-likeness (QED) is 0.732. The number of pyridine rings is 1. The molecule has 28 heavy (non-hydrogen) atoms. The number of fused-ring (bicyclic) bond motifs is 3. The van der Waals surface area contributed by atoms with Gasteiger partial charge in [0.1, 0.15) is 10.3 Å². The number of aromatic nitrogens is 1. The van der Waals surface area contributed by atoms with Crippen LogP contribution in [0.1, 0.15) is 23.0 Å². The first-order valence-electron chi connectivity index (χ1n) is 9.07. The molecule has 3 aromatic rings. The maximum Gasteiger partial charge on any atom is 0.267 e. The van der Waals surface area contributed by atoms with Crippen molar-refractivity contribution in [2.45, 2.75) is 19.4 Å². The molecule has 1 unspecified atom stereocenters. The predicted octanol–water partition coefficient (Wildman–Crippen LogP) is 2.11. The molecule has 2 aromatic heterocycles. The number of likely N-dealkylation sites (tertiary alicyclic amines) is 1. The van der Waals surface area contributed by atoms with E-state index in [0.717, 1.165) is 15.6 Å². The minimum atomic E-state index is -0.182. The largest absolute Gasteiger partial charge is 0.494 e. The zero-order chi connectivity index (χ0) is 20.0. The number of nitrogens with one attached hydrogen (secondary N) is 1. The Morgan fingerprint density at radius 3 is 2.75 bits per heavy atom. The third-order valence-corrected chi connectivity index (χ3v) is 6.37. The number of ether oxygens (including phenoxy) is 1. The van der Waals surface area contributed by atoms with Crippen molar-refractivity contribution in [3.8, 4) is 5.75 Å². The number of carbonyl (C=O) groups excluding carboxylic acids is 2. The molecule has 7 nitrogen and oxygen atoms in total. The Morgan fingerprint density at radius 2 is 2.04 bits per heavy atom. The summed E-state index contributed by atoms with van der Waals surface area (Å²) in [6.07, 6.45) is 0.712. The van der Waals surface area contributed by atoms with Crippen molar-refractivity contribution in [1.82, 2.24) is 14.8 Å². The molecule has 146 valence electrons. The molecule has 1 aliphatic heterocycles. The molecular weight excluding hydrogens is 378 g/mol. The number of nitrogens with zero attached hydrogens (tertiary/aromatic N) is 2. The lowest BCUT2D eigenvalue weighted by Gasteiger charge is -2.16. The Labute approximate surface area is 165 Å². The molecule has 0 aliphatic carbocycles. The van der Waals surface area contributed by atoms with E-state index in [1.54, 1.807) is 16.5 Å². The predicted molar refractivity (Wildman–Crippen MR) is 109 cm³/mol. The number of carbonyl (C=O) groups is 2. The first kappa shape index (κ1) is 18.5. The topological polar surface area (TPSA) is 80.6 Å². The van der Waals surface area contributed by atoms with Gasteiger partial charge in [0.25, 0.3) is 11.5 Å². The Balaban J connectivity index is 1.83. The number of para-hydroxylation sites is 1. The SMILES string of the molecule is COc1c(C(=O)N2CCC(NC(C)=O)C2)sc2c1c(=O)n(C)c1ccccc21.